The zero-order valence-electron chi connectivity index (χ0n) is 22.0. The van der Waals surface area contributed by atoms with Crippen molar-refractivity contribution in [1.82, 2.24) is 14.5 Å². The van der Waals surface area contributed by atoms with Crippen molar-refractivity contribution in [2.75, 3.05) is 20.7 Å². The minimum atomic E-state index is -2.70. The molecular formula is C28H37N3O4Si. The van der Waals surface area contributed by atoms with Crippen molar-refractivity contribution in [3.8, 4) is 0 Å². The number of aryl methyl sites for hydroxylation is 1. The number of aromatic nitrogens is 2. The van der Waals surface area contributed by atoms with Gasteiger partial charge in [-0.15, -0.1) is 0 Å². The highest BCUT2D eigenvalue weighted by Crippen LogP contribution is 2.38. The van der Waals surface area contributed by atoms with Crippen LogP contribution in [0.25, 0.3) is 0 Å². The molecule has 192 valence electrons. The number of rotatable bonds is 7. The minimum Gasteiger partial charge on any atom is -0.405 e. The summed E-state index contributed by atoms with van der Waals surface area (Å²) in [5.41, 5.74) is -0.360. The Labute approximate surface area is 213 Å². The number of aromatic amines is 1. The molecule has 1 aromatic heterocycles. The van der Waals surface area contributed by atoms with Crippen LogP contribution in [-0.4, -0.2) is 55.6 Å². The number of ether oxygens (including phenoxy) is 1. The molecule has 3 aromatic rings. The largest absolute Gasteiger partial charge is 0.405 e. The molecule has 1 aliphatic rings. The van der Waals surface area contributed by atoms with Gasteiger partial charge in [0.05, 0.1) is 18.8 Å². The van der Waals surface area contributed by atoms with Crippen LogP contribution in [0, 0.1) is 6.92 Å². The normalized spacial score (nSPS) is 20.7. The smallest absolute Gasteiger partial charge is 0.330 e. The van der Waals surface area contributed by atoms with Crippen molar-refractivity contribution in [2.24, 2.45) is 0 Å². The van der Waals surface area contributed by atoms with Gasteiger partial charge >= 0.3 is 5.69 Å². The third kappa shape index (κ3) is 4.91. The number of benzene rings is 2. The Kier molecular flexibility index (Phi) is 7.52. The van der Waals surface area contributed by atoms with Crippen LogP contribution in [-0.2, 0) is 9.16 Å². The van der Waals surface area contributed by atoms with Crippen LogP contribution in [0.1, 0.15) is 39.0 Å². The van der Waals surface area contributed by atoms with E-state index >= 15 is 0 Å². The van der Waals surface area contributed by atoms with Crippen molar-refractivity contribution in [1.29, 1.82) is 0 Å². The van der Waals surface area contributed by atoms with Gasteiger partial charge in [0.25, 0.3) is 13.9 Å². The molecule has 0 saturated carbocycles. The maximum Gasteiger partial charge on any atom is 0.330 e. The lowest BCUT2D eigenvalue weighted by atomic mass is 10.1. The van der Waals surface area contributed by atoms with Crippen molar-refractivity contribution >= 4 is 18.7 Å². The molecule has 0 unspecified atom stereocenters. The van der Waals surface area contributed by atoms with Gasteiger partial charge in [-0.1, -0.05) is 81.4 Å². The van der Waals surface area contributed by atoms with Crippen LogP contribution in [0.2, 0.25) is 5.04 Å². The van der Waals surface area contributed by atoms with Gasteiger partial charge in [0, 0.05) is 11.8 Å². The summed E-state index contributed by atoms with van der Waals surface area (Å²) in [7, 11) is 1.26. The maximum absolute atomic E-state index is 12.7. The summed E-state index contributed by atoms with van der Waals surface area (Å²) in [5.74, 6) is 0. The molecule has 2 heterocycles. The van der Waals surface area contributed by atoms with E-state index in [9.17, 15) is 9.59 Å². The van der Waals surface area contributed by atoms with E-state index in [-0.39, 0.29) is 22.7 Å². The zero-order chi connectivity index (χ0) is 26.1. The quantitative estimate of drug-likeness (QED) is 0.498. The topological polar surface area (TPSA) is 76.6 Å². The molecule has 3 atom stereocenters. The molecule has 1 N–H and O–H groups in total. The van der Waals surface area contributed by atoms with Gasteiger partial charge in [0.15, 0.2) is 6.23 Å². The maximum atomic E-state index is 12.7. The fourth-order valence-corrected chi connectivity index (χ4v) is 9.90. The van der Waals surface area contributed by atoms with Crippen LogP contribution in [0.3, 0.4) is 0 Å². The lowest BCUT2D eigenvalue weighted by molar-refractivity contribution is -0.0366. The lowest BCUT2D eigenvalue weighted by Gasteiger charge is -2.43. The van der Waals surface area contributed by atoms with Crippen molar-refractivity contribution < 1.29 is 9.16 Å². The Balaban J connectivity index is 1.69. The van der Waals surface area contributed by atoms with Crippen LogP contribution < -0.4 is 21.6 Å². The number of likely N-dealkylation sites (N-methyl/N-ethyl adjacent to an activating group) is 1. The molecule has 0 radical (unpaired) electrons. The summed E-state index contributed by atoms with van der Waals surface area (Å²) in [6.07, 6.45) is 1.58. The molecule has 1 fully saturated rings. The Morgan fingerprint density at radius 1 is 1.03 bits per heavy atom. The Morgan fingerprint density at radius 3 is 2.08 bits per heavy atom. The van der Waals surface area contributed by atoms with E-state index in [2.05, 4.69) is 79.2 Å². The molecule has 1 aliphatic heterocycles. The van der Waals surface area contributed by atoms with Gasteiger partial charge in [-0.3, -0.25) is 14.3 Å². The number of nitrogens with zero attached hydrogens (tertiary/aromatic N) is 2. The number of hydrogen-bond donors (Lipinski definition) is 1. The second-order valence-electron chi connectivity index (χ2n) is 10.9. The number of hydrogen-bond acceptors (Lipinski definition) is 5. The molecule has 0 bridgehead atoms. The third-order valence-electron chi connectivity index (χ3n) is 7.15. The first-order valence-electron chi connectivity index (χ1n) is 12.4. The van der Waals surface area contributed by atoms with Crippen molar-refractivity contribution in [3.63, 3.8) is 0 Å². The van der Waals surface area contributed by atoms with Crippen LogP contribution in [0.15, 0.2) is 76.4 Å². The predicted octanol–water partition coefficient (Wildman–Crippen LogP) is 2.64. The second-order valence-corrected chi connectivity index (χ2v) is 15.2. The summed E-state index contributed by atoms with van der Waals surface area (Å²) in [6.45, 7) is 8.86. The standard InChI is InChI=1S/C28H37N3O4Si/c1-20-18-31(27(33)29-25(20)32)26-24(30(5)6)17-21(35-26)19-34-36(28(2,3)4,22-13-9-7-10-14-22)23-15-11-8-12-16-23/h7-16,18,21,24,26H,17,19H2,1-6H3,(H,29,32,33)/t21-,24-,26-/m1/s1. The van der Waals surface area contributed by atoms with Crippen molar-refractivity contribution in [3.05, 3.63) is 93.3 Å². The monoisotopic (exact) mass is 507 g/mol. The minimum absolute atomic E-state index is 0.0410. The molecule has 1 saturated heterocycles. The van der Waals surface area contributed by atoms with Gasteiger partial charge < -0.3 is 14.1 Å². The molecular weight excluding hydrogens is 470 g/mol. The average Bonchev–Trinajstić information content (AvgIpc) is 3.27. The number of nitrogens with one attached hydrogen (secondary N) is 1. The van der Waals surface area contributed by atoms with Crippen LogP contribution in [0.5, 0.6) is 0 Å². The first-order chi connectivity index (χ1) is 17.0. The molecule has 36 heavy (non-hydrogen) atoms. The summed E-state index contributed by atoms with van der Waals surface area (Å²) >= 11 is 0. The van der Waals surface area contributed by atoms with E-state index in [1.807, 2.05) is 26.2 Å². The molecule has 0 spiro atoms. The first-order valence-corrected chi connectivity index (χ1v) is 14.3. The SMILES string of the molecule is Cc1cn([C@@H]2O[C@@H](CO[Si](c3ccccc3)(c3ccccc3)C(C)(C)C)C[C@H]2N(C)C)c(=O)[nH]c1=O. The zero-order valence-corrected chi connectivity index (χ0v) is 23.0. The molecule has 2 aromatic carbocycles. The summed E-state index contributed by atoms with van der Waals surface area (Å²) < 4.78 is 15.1. The van der Waals surface area contributed by atoms with Crippen molar-refractivity contribution in [2.45, 2.75) is 57.5 Å². The molecule has 0 amide bonds. The van der Waals surface area contributed by atoms with Gasteiger partial charge in [0.2, 0.25) is 0 Å². The fourth-order valence-electron chi connectivity index (χ4n) is 5.31. The highest BCUT2D eigenvalue weighted by atomic mass is 28.4. The Bertz CT molecular complexity index is 1240. The van der Waals surface area contributed by atoms with Crippen LogP contribution in [0.4, 0.5) is 0 Å². The van der Waals surface area contributed by atoms with Gasteiger partial charge in [-0.2, -0.15) is 0 Å². The summed E-state index contributed by atoms with van der Waals surface area (Å²) in [5, 5.41) is 2.30. The Morgan fingerprint density at radius 2 is 1.58 bits per heavy atom. The molecule has 4 rings (SSSR count). The van der Waals surface area contributed by atoms with Crippen LogP contribution >= 0.6 is 0 Å². The number of H-pyrrole nitrogens is 1. The lowest BCUT2D eigenvalue weighted by Crippen LogP contribution is -2.67. The summed E-state index contributed by atoms with van der Waals surface area (Å²) in [6, 6.07) is 21.0. The highest BCUT2D eigenvalue weighted by molar-refractivity contribution is 6.99. The molecule has 7 nitrogen and oxygen atoms in total. The van der Waals surface area contributed by atoms with E-state index < -0.39 is 20.2 Å². The third-order valence-corrected chi connectivity index (χ3v) is 12.2. The van der Waals surface area contributed by atoms with Gasteiger partial charge in [-0.05, 0) is 42.9 Å². The predicted molar refractivity (Wildman–Crippen MR) is 146 cm³/mol. The Hall–Kier alpha value is -2.78. The first kappa shape index (κ1) is 26.3. The van der Waals surface area contributed by atoms with E-state index in [4.69, 9.17) is 9.16 Å². The van der Waals surface area contributed by atoms with Gasteiger partial charge in [-0.25, -0.2) is 4.79 Å². The highest BCUT2D eigenvalue weighted by Gasteiger charge is 2.51. The average molecular weight is 508 g/mol. The molecule has 0 aliphatic carbocycles. The van der Waals surface area contributed by atoms with E-state index in [1.54, 1.807) is 13.1 Å². The summed E-state index contributed by atoms with van der Waals surface area (Å²) in [4.78, 5) is 29.1. The van der Waals surface area contributed by atoms with Gasteiger partial charge in [0.1, 0.15) is 0 Å². The second kappa shape index (κ2) is 10.3. The van der Waals surface area contributed by atoms with E-state index in [0.717, 1.165) is 0 Å². The fraction of sp³-hybridized carbons (Fsp3) is 0.429. The molecule has 8 heteroatoms. The van der Waals surface area contributed by atoms with E-state index in [1.165, 1.54) is 14.9 Å². The van der Waals surface area contributed by atoms with E-state index in [0.29, 0.717) is 18.6 Å².